The Morgan fingerprint density at radius 3 is 2.14 bits per heavy atom. The number of benzene rings is 1. The Balaban J connectivity index is 3.41. The van der Waals surface area contributed by atoms with Crippen LogP contribution in [0.5, 0.6) is 5.75 Å². The summed E-state index contributed by atoms with van der Waals surface area (Å²) in [6.45, 7) is 17.1. The Kier molecular flexibility index (Phi) is 6.18. The van der Waals surface area contributed by atoms with Gasteiger partial charge < -0.3 is 9.84 Å². The molecule has 0 atom stereocenters. The highest BCUT2D eigenvalue weighted by molar-refractivity contribution is 5.95. The molecule has 4 nitrogen and oxygen atoms in total. The van der Waals surface area contributed by atoms with Gasteiger partial charge in [-0.1, -0.05) is 27.7 Å². The lowest BCUT2D eigenvalue weighted by molar-refractivity contribution is -0.138. The van der Waals surface area contributed by atoms with Crippen molar-refractivity contribution < 1.29 is 14.6 Å². The van der Waals surface area contributed by atoms with Gasteiger partial charge in [-0.25, -0.2) is 4.85 Å². The largest absolute Gasteiger partial charge is 0.507 e. The molecule has 0 saturated carbocycles. The maximum absolute atomic E-state index is 11.7. The van der Waals surface area contributed by atoms with E-state index in [0.29, 0.717) is 5.75 Å². The van der Waals surface area contributed by atoms with E-state index in [0.717, 1.165) is 16.7 Å². The van der Waals surface area contributed by atoms with Crippen molar-refractivity contribution in [3.8, 4) is 5.75 Å². The molecule has 0 aliphatic carbocycles. The molecule has 1 aromatic rings. The smallest absolute Gasteiger partial charge is 0.336 e. The highest BCUT2D eigenvalue weighted by Crippen LogP contribution is 2.35. The van der Waals surface area contributed by atoms with Crippen molar-refractivity contribution in [3.05, 3.63) is 45.9 Å². The Labute approximate surface area is 132 Å². The molecule has 0 unspecified atom stereocenters. The zero-order valence-electron chi connectivity index (χ0n) is 13.8. The SMILES string of the molecule is [C-]#[N+]C(=Cc1cc(C(C)C)c(O)c(C(C)C)c1)C(=O)OCC. The first-order chi connectivity index (χ1) is 10.3. The molecular formula is C18H23NO3. The van der Waals surface area contributed by atoms with E-state index < -0.39 is 5.97 Å². The first kappa shape index (κ1) is 17.8. The van der Waals surface area contributed by atoms with Crippen molar-refractivity contribution in [1.29, 1.82) is 0 Å². The highest BCUT2D eigenvalue weighted by Gasteiger charge is 2.16. The van der Waals surface area contributed by atoms with Gasteiger partial charge in [-0.05, 0) is 53.7 Å². The molecule has 0 spiro atoms. The molecule has 0 heterocycles. The number of nitrogens with zero attached hydrogens (tertiary/aromatic N) is 1. The van der Waals surface area contributed by atoms with Crippen molar-refractivity contribution in [2.45, 2.75) is 46.5 Å². The minimum Gasteiger partial charge on any atom is -0.507 e. The fourth-order valence-corrected chi connectivity index (χ4v) is 2.17. The molecule has 0 aromatic heterocycles. The third-order valence-electron chi connectivity index (χ3n) is 3.34. The number of carbonyl (C=O) groups excluding carboxylic acids is 1. The number of carbonyl (C=O) groups is 1. The Morgan fingerprint density at radius 2 is 1.77 bits per heavy atom. The molecule has 0 amide bonds. The molecule has 1 N–H and O–H groups in total. The number of hydrogen-bond acceptors (Lipinski definition) is 3. The lowest BCUT2D eigenvalue weighted by Gasteiger charge is -2.16. The van der Waals surface area contributed by atoms with Crippen molar-refractivity contribution >= 4 is 12.0 Å². The van der Waals surface area contributed by atoms with Gasteiger partial charge in [-0.2, -0.15) is 0 Å². The molecule has 0 aliphatic rings. The maximum Gasteiger partial charge on any atom is 0.336 e. The van der Waals surface area contributed by atoms with E-state index in [4.69, 9.17) is 11.3 Å². The van der Waals surface area contributed by atoms with Crippen LogP contribution in [-0.4, -0.2) is 17.7 Å². The average Bonchev–Trinajstić information content (AvgIpc) is 2.45. The highest BCUT2D eigenvalue weighted by atomic mass is 16.5. The van der Waals surface area contributed by atoms with Crippen molar-refractivity contribution in [1.82, 2.24) is 0 Å². The molecular weight excluding hydrogens is 278 g/mol. The van der Waals surface area contributed by atoms with Crippen LogP contribution in [-0.2, 0) is 9.53 Å². The summed E-state index contributed by atoms with van der Waals surface area (Å²) in [6, 6.07) is 3.63. The van der Waals surface area contributed by atoms with E-state index in [1.165, 1.54) is 6.08 Å². The molecule has 0 saturated heterocycles. The summed E-state index contributed by atoms with van der Waals surface area (Å²) in [5, 5.41) is 10.4. The van der Waals surface area contributed by atoms with Crippen LogP contribution < -0.4 is 0 Å². The number of aromatic hydroxyl groups is 1. The quantitative estimate of drug-likeness (QED) is 0.496. The van der Waals surface area contributed by atoms with Crippen molar-refractivity contribution in [2.75, 3.05) is 6.61 Å². The van der Waals surface area contributed by atoms with Gasteiger partial charge in [0.25, 0.3) is 5.70 Å². The third kappa shape index (κ3) is 4.11. The standard InChI is InChI=1S/C18H23NO3/c1-7-22-18(21)16(19-6)10-13-8-14(11(2)3)17(20)15(9-13)12(4)5/h8-12,20H,7H2,1-5H3. The summed E-state index contributed by atoms with van der Waals surface area (Å²) in [4.78, 5) is 15.0. The lowest BCUT2D eigenvalue weighted by Crippen LogP contribution is -2.05. The number of esters is 1. The van der Waals surface area contributed by atoms with Gasteiger partial charge in [0.05, 0.1) is 13.2 Å². The minimum absolute atomic E-state index is 0.0584. The van der Waals surface area contributed by atoms with Crippen LogP contribution in [0, 0.1) is 6.57 Å². The van der Waals surface area contributed by atoms with E-state index in [-0.39, 0.29) is 24.1 Å². The molecule has 22 heavy (non-hydrogen) atoms. The van der Waals surface area contributed by atoms with E-state index in [1.54, 1.807) is 6.92 Å². The van der Waals surface area contributed by atoms with Gasteiger partial charge in [-0.3, -0.25) is 4.79 Å². The molecule has 1 rings (SSSR count). The van der Waals surface area contributed by atoms with E-state index in [1.807, 2.05) is 39.8 Å². The van der Waals surface area contributed by atoms with Gasteiger partial charge in [0.2, 0.25) is 0 Å². The predicted octanol–water partition coefficient (Wildman–Crippen LogP) is 4.46. The summed E-state index contributed by atoms with van der Waals surface area (Å²) in [7, 11) is 0. The second-order valence-corrected chi connectivity index (χ2v) is 5.72. The van der Waals surface area contributed by atoms with E-state index >= 15 is 0 Å². The normalized spacial score (nSPS) is 11.6. The first-order valence-corrected chi connectivity index (χ1v) is 7.44. The van der Waals surface area contributed by atoms with Gasteiger partial charge in [0.1, 0.15) is 5.75 Å². The zero-order chi connectivity index (χ0) is 16.9. The summed E-state index contributed by atoms with van der Waals surface area (Å²) < 4.78 is 4.88. The summed E-state index contributed by atoms with van der Waals surface area (Å²) >= 11 is 0. The molecule has 1 aromatic carbocycles. The predicted molar refractivity (Wildman–Crippen MR) is 87.5 cm³/mol. The van der Waals surface area contributed by atoms with Crippen LogP contribution in [0.15, 0.2) is 17.8 Å². The lowest BCUT2D eigenvalue weighted by atomic mass is 9.91. The van der Waals surface area contributed by atoms with Crippen LogP contribution >= 0.6 is 0 Å². The monoisotopic (exact) mass is 301 g/mol. The van der Waals surface area contributed by atoms with Crippen molar-refractivity contribution in [3.63, 3.8) is 0 Å². The molecule has 4 heteroatoms. The number of ether oxygens (including phenoxy) is 1. The Morgan fingerprint density at radius 1 is 1.27 bits per heavy atom. The molecule has 118 valence electrons. The maximum atomic E-state index is 11.7. The van der Waals surface area contributed by atoms with Crippen molar-refractivity contribution in [2.24, 2.45) is 0 Å². The van der Waals surface area contributed by atoms with Crippen LogP contribution in [0.3, 0.4) is 0 Å². The minimum atomic E-state index is -0.622. The number of hydrogen-bond donors (Lipinski definition) is 1. The molecule has 0 fully saturated rings. The Bertz CT molecular complexity index is 593. The first-order valence-electron chi connectivity index (χ1n) is 7.44. The number of rotatable bonds is 5. The molecule has 0 radical (unpaired) electrons. The summed E-state index contributed by atoms with van der Waals surface area (Å²) in [5.41, 5.74) is 2.29. The Hall–Kier alpha value is -2.28. The number of phenolic OH excluding ortho intramolecular Hbond substituents is 1. The van der Waals surface area contributed by atoms with Crippen LogP contribution in [0.2, 0.25) is 0 Å². The van der Waals surface area contributed by atoms with Gasteiger partial charge >= 0.3 is 5.97 Å². The third-order valence-corrected chi connectivity index (χ3v) is 3.34. The molecule has 0 aliphatic heterocycles. The second-order valence-electron chi connectivity index (χ2n) is 5.72. The fraction of sp³-hybridized carbons (Fsp3) is 0.444. The molecule has 0 bridgehead atoms. The van der Waals surface area contributed by atoms with Crippen LogP contribution in [0.1, 0.15) is 63.1 Å². The van der Waals surface area contributed by atoms with Gasteiger partial charge in [0, 0.05) is 0 Å². The van der Waals surface area contributed by atoms with E-state index in [2.05, 4.69) is 4.85 Å². The summed E-state index contributed by atoms with van der Waals surface area (Å²) in [5.74, 6) is -0.0416. The van der Waals surface area contributed by atoms with Gasteiger partial charge in [-0.15, -0.1) is 0 Å². The summed E-state index contributed by atoms with van der Waals surface area (Å²) in [6.07, 6.45) is 1.52. The van der Waals surface area contributed by atoms with Crippen LogP contribution in [0.25, 0.3) is 10.9 Å². The fourth-order valence-electron chi connectivity index (χ4n) is 2.17. The van der Waals surface area contributed by atoms with E-state index in [9.17, 15) is 9.90 Å². The second kappa shape index (κ2) is 7.65. The van der Waals surface area contributed by atoms with Gasteiger partial charge in [0.15, 0.2) is 0 Å². The number of phenols is 1. The average molecular weight is 301 g/mol. The zero-order valence-corrected chi connectivity index (χ0v) is 13.8. The van der Waals surface area contributed by atoms with Crippen LogP contribution in [0.4, 0.5) is 0 Å². The topological polar surface area (TPSA) is 50.9 Å².